The SMILES string of the molecule is N#Cc1cc2c(=O)n3ccccc3nc2n(CCc2ccccc2)c1=N. The standard InChI is InChI=1S/C20H15N5O/c21-13-15-12-16-19(23-17-8-4-5-10-24(17)20(16)26)25(18(15)22)11-9-14-6-2-1-3-7-14/h1-8,10,12,22H,9,11H2. The van der Waals surface area contributed by atoms with E-state index >= 15 is 0 Å². The van der Waals surface area contributed by atoms with Crippen LogP contribution in [-0.4, -0.2) is 14.0 Å². The van der Waals surface area contributed by atoms with Crippen LogP contribution in [0.5, 0.6) is 0 Å². The summed E-state index contributed by atoms with van der Waals surface area (Å²) in [7, 11) is 0. The number of fused-ring (bicyclic) bond motifs is 2. The van der Waals surface area contributed by atoms with E-state index in [-0.39, 0.29) is 16.6 Å². The Labute approximate surface area is 148 Å². The minimum absolute atomic E-state index is 0.0723. The second-order valence-corrected chi connectivity index (χ2v) is 5.99. The molecule has 0 aliphatic carbocycles. The van der Waals surface area contributed by atoms with Crippen LogP contribution in [0.4, 0.5) is 0 Å². The largest absolute Gasteiger partial charge is 0.309 e. The summed E-state index contributed by atoms with van der Waals surface area (Å²) in [5.74, 6) is 0. The van der Waals surface area contributed by atoms with Crippen molar-refractivity contribution in [2.45, 2.75) is 13.0 Å². The zero-order valence-electron chi connectivity index (χ0n) is 13.9. The minimum Gasteiger partial charge on any atom is -0.309 e. The van der Waals surface area contributed by atoms with Crippen molar-refractivity contribution in [3.8, 4) is 6.07 Å². The molecule has 6 nitrogen and oxygen atoms in total. The third-order valence-corrected chi connectivity index (χ3v) is 4.41. The fourth-order valence-electron chi connectivity index (χ4n) is 3.08. The van der Waals surface area contributed by atoms with Crippen molar-refractivity contribution in [2.24, 2.45) is 0 Å². The molecule has 0 saturated carbocycles. The Bertz CT molecular complexity index is 1280. The predicted molar refractivity (Wildman–Crippen MR) is 97.7 cm³/mol. The van der Waals surface area contributed by atoms with Crippen molar-refractivity contribution in [2.75, 3.05) is 0 Å². The van der Waals surface area contributed by atoms with Crippen LogP contribution in [0.25, 0.3) is 16.7 Å². The number of aryl methyl sites for hydroxylation is 2. The fourth-order valence-corrected chi connectivity index (χ4v) is 3.08. The molecule has 3 aromatic heterocycles. The second-order valence-electron chi connectivity index (χ2n) is 5.99. The number of benzene rings is 1. The number of nitrogens with one attached hydrogen (secondary N) is 1. The average Bonchev–Trinajstić information content (AvgIpc) is 2.68. The molecule has 0 aliphatic heterocycles. The van der Waals surface area contributed by atoms with Gasteiger partial charge in [0, 0.05) is 12.7 Å². The lowest BCUT2D eigenvalue weighted by Crippen LogP contribution is -2.28. The van der Waals surface area contributed by atoms with Gasteiger partial charge in [0.2, 0.25) is 0 Å². The van der Waals surface area contributed by atoms with E-state index in [2.05, 4.69) is 4.98 Å². The monoisotopic (exact) mass is 341 g/mol. The summed E-state index contributed by atoms with van der Waals surface area (Å²) in [4.78, 5) is 17.4. The Morgan fingerprint density at radius 3 is 2.65 bits per heavy atom. The van der Waals surface area contributed by atoms with E-state index in [4.69, 9.17) is 5.41 Å². The van der Waals surface area contributed by atoms with Crippen LogP contribution in [0.1, 0.15) is 11.1 Å². The molecule has 0 unspecified atom stereocenters. The van der Waals surface area contributed by atoms with Crippen LogP contribution in [0, 0.1) is 16.7 Å². The smallest absolute Gasteiger partial charge is 0.267 e. The molecule has 26 heavy (non-hydrogen) atoms. The number of rotatable bonds is 3. The maximum atomic E-state index is 12.8. The fraction of sp³-hybridized carbons (Fsp3) is 0.100. The molecule has 0 bridgehead atoms. The highest BCUT2D eigenvalue weighted by Gasteiger charge is 2.13. The van der Waals surface area contributed by atoms with Gasteiger partial charge in [-0.15, -0.1) is 0 Å². The molecule has 0 fully saturated rings. The van der Waals surface area contributed by atoms with Crippen molar-refractivity contribution in [3.05, 3.63) is 87.8 Å². The quantitative estimate of drug-likeness (QED) is 0.580. The van der Waals surface area contributed by atoms with Gasteiger partial charge in [-0.1, -0.05) is 36.4 Å². The zero-order valence-corrected chi connectivity index (χ0v) is 13.9. The summed E-state index contributed by atoms with van der Waals surface area (Å²) in [6.07, 6.45) is 2.33. The van der Waals surface area contributed by atoms with Gasteiger partial charge in [-0.2, -0.15) is 5.26 Å². The summed E-state index contributed by atoms with van der Waals surface area (Å²) in [6, 6.07) is 18.7. The molecular formula is C20H15N5O. The van der Waals surface area contributed by atoms with E-state index in [9.17, 15) is 10.1 Å². The van der Waals surface area contributed by atoms with Gasteiger partial charge < -0.3 is 4.57 Å². The molecule has 0 aliphatic rings. The summed E-state index contributed by atoms with van der Waals surface area (Å²) >= 11 is 0. The summed E-state index contributed by atoms with van der Waals surface area (Å²) < 4.78 is 3.10. The van der Waals surface area contributed by atoms with Gasteiger partial charge in [0.05, 0.1) is 10.9 Å². The topological polar surface area (TPSA) is 86.9 Å². The first-order valence-corrected chi connectivity index (χ1v) is 8.22. The van der Waals surface area contributed by atoms with Gasteiger partial charge in [-0.3, -0.25) is 14.6 Å². The first-order chi connectivity index (χ1) is 12.7. The lowest BCUT2D eigenvalue weighted by Gasteiger charge is -2.12. The van der Waals surface area contributed by atoms with Crippen LogP contribution in [-0.2, 0) is 13.0 Å². The normalized spacial score (nSPS) is 10.9. The van der Waals surface area contributed by atoms with Crippen LogP contribution in [0.3, 0.4) is 0 Å². The first-order valence-electron chi connectivity index (χ1n) is 8.22. The Morgan fingerprint density at radius 2 is 1.88 bits per heavy atom. The van der Waals surface area contributed by atoms with Gasteiger partial charge in [0.25, 0.3) is 5.56 Å². The van der Waals surface area contributed by atoms with Crippen molar-refractivity contribution in [1.29, 1.82) is 10.7 Å². The van der Waals surface area contributed by atoms with Crippen LogP contribution in [0.15, 0.2) is 65.6 Å². The van der Waals surface area contributed by atoms with Gasteiger partial charge in [-0.05, 0) is 30.2 Å². The van der Waals surface area contributed by atoms with E-state index in [1.165, 1.54) is 10.5 Å². The van der Waals surface area contributed by atoms with E-state index in [0.29, 0.717) is 29.6 Å². The van der Waals surface area contributed by atoms with E-state index in [1.807, 2.05) is 42.5 Å². The van der Waals surface area contributed by atoms with Gasteiger partial charge in [-0.25, -0.2) is 4.98 Å². The van der Waals surface area contributed by atoms with Crippen molar-refractivity contribution >= 4 is 16.7 Å². The Morgan fingerprint density at radius 1 is 1.12 bits per heavy atom. The minimum atomic E-state index is -0.240. The summed E-state index contributed by atoms with van der Waals surface area (Å²) in [5, 5.41) is 18.1. The van der Waals surface area contributed by atoms with Gasteiger partial charge in [0.15, 0.2) is 0 Å². The molecular weight excluding hydrogens is 326 g/mol. The zero-order chi connectivity index (χ0) is 18.1. The third kappa shape index (κ3) is 2.56. The summed E-state index contributed by atoms with van der Waals surface area (Å²) in [6.45, 7) is 0.463. The highest BCUT2D eigenvalue weighted by molar-refractivity contribution is 5.77. The molecule has 0 saturated heterocycles. The molecule has 0 spiro atoms. The predicted octanol–water partition coefficient (Wildman–Crippen LogP) is 2.24. The van der Waals surface area contributed by atoms with E-state index in [1.54, 1.807) is 22.9 Å². The third-order valence-electron chi connectivity index (χ3n) is 4.41. The van der Waals surface area contributed by atoms with Gasteiger partial charge >= 0.3 is 0 Å². The first kappa shape index (κ1) is 15.8. The number of hydrogen-bond donors (Lipinski definition) is 1. The molecule has 3 heterocycles. The van der Waals surface area contributed by atoms with Crippen LogP contribution < -0.4 is 11.0 Å². The number of aromatic nitrogens is 3. The molecule has 1 N–H and O–H groups in total. The highest BCUT2D eigenvalue weighted by Crippen LogP contribution is 2.11. The highest BCUT2D eigenvalue weighted by atomic mass is 16.1. The molecule has 4 rings (SSSR count). The van der Waals surface area contributed by atoms with E-state index < -0.39 is 0 Å². The molecule has 126 valence electrons. The van der Waals surface area contributed by atoms with E-state index in [0.717, 1.165) is 5.56 Å². The molecule has 0 atom stereocenters. The van der Waals surface area contributed by atoms with Crippen molar-refractivity contribution in [1.82, 2.24) is 14.0 Å². The lowest BCUT2D eigenvalue weighted by molar-refractivity contribution is 0.667. The summed E-state index contributed by atoms with van der Waals surface area (Å²) in [5.41, 5.74) is 2.06. The number of nitriles is 1. The maximum absolute atomic E-state index is 12.8. The molecule has 1 aromatic carbocycles. The second kappa shape index (κ2) is 6.30. The van der Waals surface area contributed by atoms with Crippen molar-refractivity contribution in [3.63, 3.8) is 0 Å². The van der Waals surface area contributed by atoms with Crippen LogP contribution >= 0.6 is 0 Å². The number of hydrogen-bond acceptors (Lipinski definition) is 4. The lowest BCUT2D eigenvalue weighted by atomic mass is 10.1. The average molecular weight is 341 g/mol. The van der Waals surface area contributed by atoms with Crippen LogP contribution in [0.2, 0.25) is 0 Å². The number of pyridine rings is 2. The molecule has 6 heteroatoms. The molecule has 4 aromatic rings. The number of nitrogens with zero attached hydrogens (tertiary/aromatic N) is 4. The Kier molecular flexibility index (Phi) is 3.82. The Hall–Kier alpha value is -3.72. The van der Waals surface area contributed by atoms with Crippen molar-refractivity contribution < 1.29 is 0 Å². The Balaban J connectivity index is 1.97. The molecule has 0 amide bonds. The molecule has 0 radical (unpaired) electrons. The maximum Gasteiger partial charge on any atom is 0.267 e. The van der Waals surface area contributed by atoms with Gasteiger partial charge in [0.1, 0.15) is 22.9 Å².